The minimum atomic E-state index is -0.817. The summed E-state index contributed by atoms with van der Waals surface area (Å²) < 4.78 is 10.8. The van der Waals surface area contributed by atoms with Crippen LogP contribution in [0.25, 0.3) is 0 Å². The molecule has 0 aromatic heterocycles. The standard InChI is InChI=1S/C15H25NO5/c1-13(2,3)21-12(19)16-15(6-7-20-8-15)10-9(11(17)18)14(10,4)5/h9-10H,6-8H2,1-5H3,(H,16,19)(H,17,18). The second-order valence-electron chi connectivity index (χ2n) is 7.70. The summed E-state index contributed by atoms with van der Waals surface area (Å²) in [6.45, 7) is 10.1. The molecule has 2 rings (SSSR count). The SMILES string of the molecule is CC(C)(C)OC(=O)NC1(C2C(C(=O)O)C2(C)C)CCOC1. The van der Waals surface area contributed by atoms with E-state index in [1.165, 1.54) is 0 Å². The van der Waals surface area contributed by atoms with Crippen LogP contribution < -0.4 is 5.32 Å². The van der Waals surface area contributed by atoms with Crippen LogP contribution in [0.1, 0.15) is 41.0 Å². The molecule has 2 fully saturated rings. The van der Waals surface area contributed by atoms with E-state index in [4.69, 9.17) is 9.47 Å². The van der Waals surface area contributed by atoms with Crippen LogP contribution in [0.4, 0.5) is 4.79 Å². The first-order valence-corrected chi connectivity index (χ1v) is 7.31. The molecule has 2 aliphatic rings. The molecule has 3 atom stereocenters. The molecule has 1 saturated carbocycles. The fourth-order valence-corrected chi connectivity index (χ4v) is 3.64. The first kappa shape index (κ1) is 16.1. The Morgan fingerprint density at radius 3 is 2.33 bits per heavy atom. The van der Waals surface area contributed by atoms with Gasteiger partial charge >= 0.3 is 12.1 Å². The van der Waals surface area contributed by atoms with E-state index < -0.39 is 29.1 Å². The van der Waals surface area contributed by atoms with Crippen molar-refractivity contribution in [2.24, 2.45) is 17.3 Å². The van der Waals surface area contributed by atoms with Crippen molar-refractivity contribution in [2.75, 3.05) is 13.2 Å². The van der Waals surface area contributed by atoms with Crippen molar-refractivity contribution < 1.29 is 24.2 Å². The van der Waals surface area contributed by atoms with E-state index >= 15 is 0 Å². The minimum Gasteiger partial charge on any atom is -0.481 e. The zero-order valence-corrected chi connectivity index (χ0v) is 13.4. The van der Waals surface area contributed by atoms with Gasteiger partial charge < -0.3 is 19.9 Å². The molecular weight excluding hydrogens is 274 g/mol. The monoisotopic (exact) mass is 299 g/mol. The molecule has 1 aliphatic heterocycles. The van der Waals surface area contributed by atoms with Crippen LogP contribution in [-0.2, 0) is 14.3 Å². The largest absolute Gasteiger partial charge is 0.481 e. The first-order valence-electron chi connectivity index (χ1n) is 7.31. The van der Waals surface area contributed by atoms with Crippen molar-refractivity contribution in [3.63, 3.8) is 0 Å². The molecule has 2 N–H and O–H groups in total. The number of alkyl carbamates (subject to hydrolysis) is 1. The van der Waals surface area contributed by atoms with E-state index in [2.05, 4.69) is 5.32 Å². The Kier molecular flexibility index (Phi) is 3.72. The number of ether oxygens (including phenoxy) is 2. The lowest BCUT2D eigenvalue weighted by atomic mass is 9.87. The third-order valence-electron chi connectivity index (χ3n) is 4.49. The second-order valence-corrected chi connectivity index (χ2v) is 7.70. The number of nitrogens with one attached hydrogen (secondary N) is 1. The normalized spacial score (nSPS) is 34.3. The average Bonchev–Trinajstić information content (AvgIpc) is 2.65. The van der Waals surface area contributed by atoms with Gasteiger partial charge in [0.2, 0.25) is 0 Å². The predicted molar refractivity (Wildman–Crippen MR) is 75.9 cm³/mol. The molecule has 0 aromatic carbocycles. The number of rotatable bonds is 3. The van der Waals surface area contributed by atoms with E-state index in [-0.39, 0.29) is 11.3 Å². The number of aliphatic carboxylic acids is 1. The van der Waals surface area contributed by atoms with Crippen LogP contribution in [0.5, 0.6) is 0 Å². The maximum Gasteiger partial charge on any atom is 0.408 e. The van der Waals surface area contributed by atoms with Gasteiger partial charge in [-0.1, -0.05) is 13.8 Å². The number of carbonyl (C=O) groups is 2. The molecule has 0 spiro atoms. The van der Waals surface area contributed by atoms with Crippen LogP contribution in [0.15, 0.2) is 0 Å². The highest BCUT2D eigenvalue weighted by Crippen LogP contribution is 2.64. The molecule has 0 bridgehead atoms. The molecule has 6 heteroatoms. The summed E-state index contributed by atoms with van der Waals surface area (Å²) in [5.74, 6) is -1.42. The van der Waals surface area contributed by atoms with Crippen LogP contribution >= 0.6 is 0 Å². The molecule has 0 radical (unpaired) electrons. The topological polar surface area (TPSA) is 84.9 Å². The van der Waals surface area contributed by atoms with Gasteiger partial charge in [-0.3, -0.25) is 4.79 Å². The van der Waals surface area contributed by atoms with Gasteiger partial charge in [-0.15, -0.1) is 0 Å². The second kappa shape index (κ2) is 4.87. The predicted octanol–water partition coefficient (Wildman–Crippen LogP) is 2.03. The fourth-order valence-electron chi connectivity index (χ4n) is 3.64. The van der Waals surface area contributed by atoms with Gasteiger partial charge in [0, 0.05) is 12.5 Å². The van der Waals surface area contributed by atoms with Crippen molar-refractivity contribution in [2.45, 2.75) is 52.2 Å². The lowest BCUT2D eigenvalue weighted by Gasteiger charge is -2.32. The van der Waals surface area contributed by atoms with E-state index in [1.807, 2.05) is 13.8 Å². The van der Waals surface area contributed by atoms with E-state index in [1.54, 1.807) is 20.8 Å². The highest BCUT2D eigenvalue weighted by atomic mass is 16.6. The Hall–Kier alpha value is -1.30. The van der Waals surface area contributed by atoms with E-state index in [0.29, 0.717) is 19.6 Å². The van der Waals surface area contributed by atoms with Crippen molar-refractivity contribution in [3.05, 3.63) is 0 Å². The van der Waals surface area contributed by atoms with Crippen LogP contribution in [0.3, 0.4) is 0 Å². The Bertz CT molecular complexity index is 445. The minimum absolute atomic E-state index is 0.141. The molecule has 1 aliphatic carbocycles. The fraction of sp³-hybridized carbons (Fsp3) is 0.867. The maximum atomic E-state index is 12.1. The third-order valence-corrected chi connectivity index (χ3v) is 4.49. The van der Waals surface area contributed by atoms with Gasteiger partial charge in [-0.2, -0.15) is 0 Å². The lowest BCUT2D eigenvalue weighted by Crippen LogP contribution is -2.53. The molecule has 0 aromatic rings. The quantitative estimate of drug-likeness (QED) is 0.833. The Morgan fingerprint density at radius 1 is 1.33 bits per heavy atom. The summed E-state index contributed by atoms with van der Waals surface area (Å²) in [5.41, 5.74) is -1.58. The molecule has 21 heavy (non-hydrogen) atoms. The van der Waals surface area contributed by atoms with Crippen molar-refractivity contribution in [3.8, 4) is 0 Å². The summed E-state index contributed by atoms with van der Waals surface area (Å²) in [6.07, 6.45) is 0.101. The highest BCUT2D eigenvalue weighted by Gasteiger charge is 2.71. The Balaban J connectivity index is 2.16. The van der Waals surface area contributed by atoms with Gasteiger partial charge in [0.15, 0.2) is 0 Å². The third kappa shape index (κ3) is 3.00. The highest BCUT2D eigenvalue weighted by molar-refractivity contribution is 5.77. The molecule has 1 amide bonds. The summed E-state index contributed by atoms with van der Waals surface area (Å²) in [7, 11) is 0. The van der Waals surface area contributed by atoms with Crippen molar-refractivity contribution in [1.82, 2.24) is 5.32 Å². The molecule has 3 unspecified atom stereocenters. The lowest BCUT2D eigenvalue weighted by molar-refractivity contribution is -0.139. The van der Waals surface area contributed by atoms with Crippen LogP contribution in [0, 0.1) is 17.3 Å². The van der Waals surface area contributed by atoms with E-state index in [0.717, 1.165) is 0 Å². The number of hydrogen-bond donors (Lipinski definition) is 2. The Morgan fingerprint density at radius 2 is 1.95 bits per heavy atom. The van der Waals surface area contributed by atoms with Crippen LogP contribution in [0.2, 0.25) is 0 Å². The number of amides is 1. The zero-order valence-electron chi connectivity index (χ0n) is 13.4. The van der Waals surface area contributed by atoms with Gasteiger partial charge in [0.1, 0.15) is 5.60 Å². The first-order chi connectivity index (χ1) is 9.50. The molecule has 6 nitrogen and oxygen atoms in total. The van der Waals surface area contributed by atoms with Gasteiger partial charge in [-0.05, 0) is 32.6 Å². The number of carbonyl (C=O) groups excluding carboxylic acids is 1. The van der Waals surface area contributed by atoms with Gasteiger partial charge in [-0.25, -0.2) is 4.79 Å². The summed E-state index contributed by atoms with van der Waals surface area (Å²) in [6, 6.07) is 0. The van der Waals surface area contributed by atoms with Crippen molar-refractivity contribution in [1.29, 1.82) is 0 Å². The van der Waals surface area contributed by atoms with Crippen LogP contribution in [-0.4, -0.2) is 41.5 Å². The summed E-state index contributed by atoms with van der Waals surface area (Å²) in [5, 5.41) is 12.3. The molecule has 1 saturated heterocycles. The molecule has 1 heterocycles. The average molecular weight is 299 g/mol. The van der Waals surface area contributed by atoms with E-state index in [9.17, 15) is 14.7 Å². The van der Waals surface area contributed by atoms with Gasteiger partial charge in [0.05, 0.1) is 18.1 Å². The smallest absolute Gasteiger partial charge is 0.408 e. The summed E-state index contributed by atoms with van der Waals surface area (Å²) in [4.78, 5) is 23.5. The van der Waals surface area contributed by atoms with Gasteiger partial charge in [0.25, 0.3) is 0 Å². The summed E-state index contributed by atoms with van der Waals surface area (Å²) >= 11 is 0. The molecular formula is C15H25NO5. The molecule has 120 valence electrons. The number of hydrogen-bond acceptors (Lipinski definition) is 4. The zero-order chi connectivity index (χ0) is 16.1. The Labute approximate surface area is 125 Å². The maximum absolute atomic E-state index is 12.1. The van der Waals surface area contributed by atoms with Crippen molar-refractivity contribution >= 4 is 12.1 Å². The number of carboxylic acids is 1. The number of carboxylic acid groups (broad SMARTS) is 1.